The largest absolute Gasteiger partial charge is 0.479 e. The summed E-state index contributed by atoms with van der Waals surface area (Å²) in [7, 11) is 4.71. The van der Waals surface area contributed by atoms with Crippen LogP contribution in [0.4, 0.5) is 10.1 Å². The Morgan fingerprint density at radius 1 is 1.21 bits per heavy atom. The first-order valence-corrected chi connectivity index (χ1v) is 9.01. The maximum absolute atomic E-state index is 13.9. The predicted molar refractivity (Wildman–Crippen MR) is 102 cm³/mol. The number of halogens is 1. The molecule has 150 valence electrons. The average molecular weight is 389 g/mol. The molecule has 3 rings (SSSR count). The van der Waals surface area contributed by atoms with E-state index in [1.54, 1.807) is 43.4 Å². The Balaban J connectivity index is 1.57. The van der Waals surface area contributed by atoms with E-state index < -0.39 is 0 Å². The number of likely N-dealkylation sites (N-methyl/N-ethyl adjacent to an activating group) is 1. The quantitative estimate of drug-likeness (QED) is 0.763. The number of aromatic nitrogens is 2. The number of anilines is 1. The number of ether oxygens (including phenoxy) is 1. The number of carbonyl (C=O) groups excluding carboxylic acids is 2. The molecule has 0 aliphatic carbocycles. The summed E-state index contributed by atoms with van der Waals surface area (Å²) in [5.74, 6) is -0.515. The van der Waals surface area contributed by atoms with E-state index in [9.17, 15) is 14.0 Å². The van der Waals surface area contributed by atoms with E-state index in [-0.39, 0.29) is 30.1 Å². The van der Waals surface area contributed by atoms with Crippen molar-refractivity contribution >= 4 is 17.5 Å². The van der Waals surface area contributed by atoms with Crippen LogP contribution in [-0.4, -0.2) is 78.3 Å². The van der Waals surface area contributed by atoms with Crippen LogP contribution in [0.3, 0.4) is 0 Å². The number of aryl methyl sites for hydroxylation is 1. The molecule has 1 saturated heterocycles. The Morgan fingerprint density at radius 3 is 2.54 bits per heavy atom. The maximum atomic E-state index is 13.9. The summed E-state index contributed by atoms with van der Waals surface area (Å²) in [6.45, 7) is 1.99. The number of hydrogen-bond donors (Lipinski definition) is 0. The van der Waals surface area contributed by atoms with Crippen molar-refractivity contribution in [3.63, 3.8) is 0 Å². The highest BCUT2D eigenvalue weighted by Crippen LogP contribution is 2.20. The number of carbonyl (C=O) groups is 2. The second kappa shape index (κ2) is 8.28. The number of rotatable bonds is 5. The van der Waals surface area contributed by atoms with E-state index in [1.807, 2.05) is 4.90 Å². The minimum Gasteiger partial charge on any atom is -0.479 e. The van der Waals surface area contributed by atoms with Crippen LogP contribution in [0, 0.1) is 5.82 Å². The molecule has 0 saturated carbocycles. The molecule has 1 aromatic heterocycles. The van der Waals surface area contributed by atoms with E-state index in [1.165, 1.54) is 22.8 Å². The number of hydrogen-bond acceptors (Lipinski definition) is 5. The van der Waals surface area contributed by atoms with Gasteiger partial charge in [-0.3, -0.25) is 14.3 Å². The van der Waals surface area contributed by atoms with Crippen molar-refractivity contribution in [2.24, 2.45) is 7.05 Å². The van der Waals surface area contributed by atoms with Gasteiger partial charge < -0.3 is 19.4 Å². The average Bonchev–Trinajstić information content (AvgIpc) is 3.08. The van der Waals surface area contributed by atoms with Gasteiger partial charge in [0.2, 0.25) is 11.8 Å². The lowest BCUT2D eigenvalue weighted by Gasteiger charge is -2.36. The number of amides is 2. The van der Waals surface area contributed by atoms with Gasteiger partial charge >= 0.3 is 0 Å². The fraction of sp³-hybridized carbons (Fsp3) is 0.421. The third-order valence-corrected chi connectivity index (χ3v) is 4.76. The highest BCUT2D eigenvalue weighted by molar-refractivity contribution is 5.98. The zero-order valence-electron chi connectivity index (χ0n) is 16.3. The molecular formula is C19H24FN5O3. The van der Waals surface area contributed by atoms with Crippen LogP contribution in [0.1, 0.15) is 10.4 Å². The Kier molecular flexibility index (Phi) is 5.81. The second-order valence-corrected chi connectivity index (χ2v) is 6.71. The number of para-hydroxylation sites is 1. The van der Waals surface area contributed by atoms with Crippen molar-refractivity contribution in [3.8, 4) is 5.88 Å². The summed E-state index contributed by atoms with van der Waals surface area (Å²) in [4.78, 5) is 30.2. The SMILES string of the molecule is COc1nn(C)cc1C(=O)N(C)CC(=O)N1CCN(c2ccccc2F)CC1. The normalized spacial score (nSPS) is 14.1. The van der Waals surface area contributed by atoms with Crippen molar-refractivity contribution in [2.45, 2.75) is 0 Å². The monoisotopic (exact) mass is 389 g/mol. The molecule has 0 N–H and O–H groups in total. The van der Waals surface area contributed by atoms with Gasteiger partial charge in [-0.05, 0) is 12.1 Å². The molecule has 8 nitrogen and oxygen atoms in total. The van der Waals surface area contributed by atoms with Crippen molar-refractivity contribution in [2.75, 3.05) is 51.8 Å². The third kappa shape index (κ3) is 4.08. The maximum Gasteiger partial charge on any atom is 0.261 e. The molecular weight excluding hydrogens is 365 g/mol. The zero-order valence-corrected chi connectivity index (χ0v) is 16.3. The summed E-state index contributed by atoms with van der Waals surface area (Å²) < 4.78 is 20.5. The highest BCUT2D eigenvalue weighted by Gasteiger charge is 2.26. The minimum absolute atomic E-state index is 0.0451. The van der Waals surface area contributed by atoms with Gasteiger partial charge in [-0.2, -0.15) is 0 Å². The molecule has 28 heavy (non-hydrogen) atoms. The van der Waals surface area contributed by atoms with E-state index in [4.69, 9.17) is 4.74 Å². The third-order valence-electron chi connectivity index (χ3n) is 4.76. The Bertz CT molecular complexity index is 861. The molecule has 0 spiro atoms. The van der Waals surface area contributed by atoms with Crippen LogP contribution in [0.5, 0.6) is 5.88 Å². The number of methoxy groups -OCH3 is 1. The summed E-state index contributed by atoms with van der Waals surface area (Å²) in [5, 5.41) is 4.06. The molecule has 0 radical (unpaired) electrons. The van der Waals surface area contributed by atoms with Crippen molar-refractivity contribution in [1.29, 1.82) is 0 Å². The molecule has 2 aromatic rings. The van der Waals surface area contributed by atoms with Gasteiger partial charge in [0.05, 0.1) is 19.3 Å². The molecule has 1 aromatic carbocycles. The molecule has 2 heterocycles. The molecule has 9 heteroatoms. The van der Waals surface area contributed by atoms with Gasteiger partial charge in [0, 0.05) is 46.5 Å². The Hall–Kier alpha value is -3.10. The minimum atomic E-state index is -0.330. The number of benzene rings is 1. The molecule has 1 aliphatic rings. The van der Waals surface area contributed by atoms with Gasteiger partial charge in [-0.25, -0.2) is 4.39 Å². The van der Waals surface area contributed by atoms with Gasteiger partial charge in [0.1, 0.15) is 11.4 Å². The first-order chi connectivity index (χ1) is 13.4. The lowest BCUT2D eigenvalue weighted by molar-refractivity contribution is -0.131. The van der Waals surface area contributed by atoms with Crippen molar-refractivity contribution < 1.29 is 18.7 Å². The summed E-state index contributed by atoms with van der Waals surface area (Å²) >= 11 is 0. The highest BCUT2D eigenvalue weighted by atomic mass is 19.1. The fourth-order valence-electron chi connectivity index (χ4n) is 3.25. The number of nitrogens with zero attached hydrogens (tertiary/aromatic N) is 5. The first-order valence-electron chi connectivity index (χ1n) is 9.01. The standard InChI is InChI=1S/C19H24FN5O3/c1-22(19(27)14-12-23(2)21-18(14)28-3)13-17(26)25-10-8-24(9-11-25)16-7-5-4-6-15(16)20/h4-7,12H,8-11,13H2,1-3H3. The van der Waals surface area contributed by atoms with Crippen LogP contribution in [0.25, 0.3) is 0 Å². The summed E-state index contributed by atoms with van der Waals surface area (Å²) in [6.07, 6.45) is 1.56. The van der Waals surface area contributed by atoms with Gasteiger partial charge in [0.25, 0.3) is 5.91 Å². The lowest BCUT2D eigenvalue weighted by Crippen LogP contribution is -2.51. The first kappa shape index (κ1) is 19.7. The Morgan fingerprint density at radius 2 is 1.89 bits per heavy atom. The van der Waals surface area contributed by atoms with Crippen LogP contribution >= 0.6 is 0 Å². The van der Waals surface area contributed by atoms with E-state index in [2.05, 4.69) is 5.10 Å². The fourth-order valence-corrected chi connectivity index (χ4v) is 3.25. The van der Waals surface area contributed by atoms with Gasteiger partial charge in [-0.15, -0.1) is 5.10 Å². The number of piperazine rings is 1. The topological polar surface area (TPSA) is 70.9 Å². The zero-order chi connectivity index (χ0) is 20.3. The molecule has 1 aliphatic heterocycles. The summed E-state index contributed by atoms with van der Waals surface area (Å²) in [6, 6.07) is 6.62. The van der Waals surface area contributed by atoms with Crippen LogP contribution < -0.4 is 9.64 Å². The van der Waals surface area contributed by atoms with Crippen LogP contribution in [0.2, 0.25) is 0 Å². The van der Waals surface area contributed by atoms with Gasteiger partial charge in [-0.1, -0.05) is 12.1 Å². The second-order valence-electron chi connectivity index (χ2n) is 6.71. The molecule has 0 unspecified atom stereocenters. The predicted octanol–water partition coefficient (Wildman–Crippen LogP) is 0.989. The van der Waals surface area contributed by atoms with E-state index >= 15 is 0 Å². The molecule has 0 atom stereocenters. The van der Waals surface area contributed by atoms with Crippen LogP contribution in [-0.2, 0) is 11.8 Å². The van der Waals surface area contributed by atoms with Crippen molar-refractivity contribution in [1.82, 2.24) is 19.6 Å². The van der Waals surface area contributed by atoms with E-state index in [0.29, 0.717) is 37.4 Å². The molecule has 0 bridgehead atoms. The van der Waals surface area contributed by atoms with Gasteiger partial charge in [0.15, 0.2) is 0 Å². The van der Waals surface area contributed by atoms with Crippen molar-refractivity contribution in [3.05, 3.63) is 41.8 Å². The molecule has 2 amide bonds. The van der Waals surface area contributed by atoms with Crippen LogP contribution in [0.15, 0.2) is 30.5 Å². The summed E-state index contributed by atoms with van der Waals surface area (Å²) in [5.41, 5.74) is 0.857. The van der Waals surface area contributed by atoms with E-state index in [0.717, 1.165) is 0 Å². The Labute approximate surface area is 163 Å². The lowest BCUT2D eigenvalue weighted by atomic mass is 10.2. The molecule has 1 fully saturated rings. The smallest absolute Gasteiger partial charge is 0.261 e.